The van der Waals surface area contributed by atoms with Crippen LogP contribution >= 0.6 is 24.0 Å². The first-order chi connectivity index (χ1) is 13.3. The van der Waals surface area contributed by atoms with Gasteiger partial charge in [0.2, 0.25) is 0 Å². The highest BCUT2D eigenvalue weighted by Crippen LogP contribution is 2.26. The summed E-state index contributed by atoms with van der Waals surface area (Å²) in [7, 11) is 0. The Morgan fingerprint density at radius 3 is 2.68 bits per heavy atom. The van der Waals surface area contributed by atoms with Gasteiger partial charge in [-0.2, -0.15) is 0 Å². The first-order valence-electron chi connectivity index (χ1n) is 11.3. The second-order valence-electron chi connectivity index (χ2n) is 8.34. The van der Waals surface area contributed by atoms with Gasteiger partial charge in [-0.15, -0.1) is 24.0 Å². The van der Waals surface area contributed by atoms with Gasteiger partial charge in [-0.25, -0.2) is 0 Å². The average molecular weight is 508 g/mol. The van der Waals surface area contributed by atoms with Crippen LogP contribution in [0.1, 0.15) is 58.3 Å². The summed E-state index contributed by atoms with van der Waals surface area (Å²) in [5.41, 5.74) is 0. The number of aliphatic imine (C=N–C) groups is 1. The van der Waals surface area contributed by atoms with Crippen LogP contribution in [0.15, 0.2) is 4.99 Å². The molecule has 0 radical (unpaired) electrons. The van der Waals surface area contributed by atoms with Gasteiger partial charge in [0.05, 0.1) is 6.10 Å². The Kier molecular flexibility index (Phi) is 12.1. The largest absolute Gasteiger partial charge is 0.381 e. The van der Waals surface area contributed by atoms with Crippen LogP contribution in [0.3, 0.4) is 0 Å². The zero-order valence-electron chi connectivity index (χ0n) is 17.7. The molecule has 164 valence electrons. The summed E-state index contributed by atoms with van der Waals surface area (Å²) >= 11 is 0. The summed E-state index contributed by atoms with van der Waals surface area (Å²) in [6.45, 7) is 10.0. The smallest absolute Gasteiger partial charge is 0.191 e. The van der Waals surface area contributed by atoms with Gasteiger partial charge in [0.25, 0.3) is 0 Å². The molecule has 0 aromatic heterocycles. The first kappa shape index (κ1) is 24.2. The molecule has 1 saturated carbocycles. The number of guanidine groups is 1. The van der Waals surface area contributed by atoms with Crippen molar-refractivity contribution >= 4 is 29.9 Å². The molecule has 7 heteroatoms. The number of halogens is 1. The number of nitrogens with one attached hydrogen (secondary N) is 2. The van der Waals surface area contributed by atoms with Crippen molar-refractivity contribution in [2.45, 2.75) is 70.4 Å². The van der Waals surface area contributed by atoms with Crippen molar-refractivity contribution < 1.29 is 9.47 Å². The number of ether oxygens (including phenoxy) is 2. The van der Waals surface area contributed by atoms with Crippen LogP contribution in [0.5, 0.6) is 0 Å². The van der Waals surface area contributed by atoms with Gasteiger partial charge < -0.3 is 25.0 Å². The molecule has 0 bridgehead atoms. The molecular formula is C21H41IN4O2. The van der Waals surface area contributed by atoms with Crippen LogP contribution in [-0.4, -0.2) is 75.5 Å². The van der Waals surface area contributed by atoms with E-state index in [4.69, 9.17) is 14.5 Å². The van der Waals surface area contributed by atoms with Crippen LogP contribution in [0.25, 0.3) is 0 Å². The van der Waals surface area contributed by atoms with Crippen LogP contribution in [0.4, 0.5) is 0 Å². The van der Waals surface area contributed by atoms with Crippen molar-refractivity contribution in [1.29, 1.82) is 0 Å². The third-order valence-corrected chi connectivity index (χ3v) is 6.04. The predicted molar refractivity (Wildman–Crippen MR) is 126 cm³/mol. The number of hydrogen-bond acceptors (Lipinski definition) is 4. The molecule has 3 rings (SSSR count). The molecule has 28 heavy (non-hydrogen) atoms. The predicted octanol–water partition coefficient (Wildman–Crippen LogP) is 3.01. The second kappa shape index (κ2) is 14.0. The van der Waals surface area contributed by atoms with Gasteiger partial charge in [0.1, 0.15) is 0 Å². The molecule has 3 aliphatic rings. The number of likely N-dealkylation sites (tertiary alicyclic amines) is 1. The fraction of sp³-hybridized carbons (Fsp3) is 0.952. The molecule has 0 amide bonds. The van der Waals surface area contributed by atoms with Crippen LogP contribution in [0, 0.1) is 5.92 Å². The van der Waals surface area contributed by atoms with E-state index in [-0.39, 0.29) is 24.0 Å². The van der Waals surface area contributed by atoms with E-state index in [9.17, 15) is 0 Å². The number of rotatable bonds is 9. The van der Waals surface area contributed by atoms with Crippen molar-refractivity contribution in [3.05, 3.63) is 0 Å². The van der Waals surface area contributed by atoms with Gasteiger partial charge >= 0.3 is 0 Å². The van der Waals surface area contributed by atoms with Gasteiger partial charge in [-0.1, -0.05) is 12.8 Å². The standard InChI is InChI=1S/C21H40N4O2.HI/c1-2-22-21(23-11-5-13-27-20-9-14-26-15-10-20)24-19-8-12-25(17-19)16-18-6-3-4-7-18;/h18-20H,2-17H2,1H3,(H2,22,23,24);1H. The zero-order chi connectivity index (χ0) is 18.7. The Morgan fingerprint density at radius 2 is 1.93 bits per heavy atom. The van der Waals surface area contributed by atoms with Crippen LogP contribution in [-0.2, 0) is 9.47 Å². The van der Waals surface area contributed by atoms with E-state index >= 15 is 0 Å². The minimum absolute atomic E-state index is 0. The highest BCUT2D eigenvalue weighted by molar-refractivity contribution is 14.0. The van der Waals surface area contributed by atoms with Crippen molar-refractivity contribution in [1.82, 2.24) is 15.5 Å². The highest BCUT2D eigenvalue weighted by atomic mass is 127. The summed E-state index contributed by atoms with van der Waals surface area (Å²) in [4.78, 5) is 7.41. The lowest BCUT2D eigenvalue weighted by Gasteiger charge is -2.22. The number of hydrogen-bond donors (Lipinski definition) is 2. The van der Waals surface area contributed by atoms with Crippen molar-refractivity contribution in [2.24, 2.45) is 10.9 Å². The fourth-order valence-electron chi connectivity index (χ4n) is 4.54. The van der Waals surface area contributed by atoms with Crippen LogP contribution in [0.2, 0.25) is 0 Å². The molecule has 1 atom stereocenters. The van der Waals surface area contributed by atoms with Gasteiger partial charge in [-0.3, -0.25) is 4.99 Å². The molecule has 1 unspecified atom stereocenters. The lowest BCUT2D eigenvalue weighted by molar-refractivity contribution is -0.0318. The lowest BCUT2D eigenvalue weighted by Crippen LogP contribution is -2.45. The lowest BCUT2D eigenvalue weighted by atomic mass is 10.1. The van der Waals surface area contributed by atoms with E-state index < -0.39 is 0 Å². The van der Waals surface area contributed by atoms with E-state index in [0.29, 0.717) is 12.1 Å². The molecule has 2 N–H and O–H groups in total. The topological polar surface area (TPSA) is 58.1 Å². The molecule has 0 spiro atoms. The molecule has 2 aliphatic heterocycles. The summed E-state index contributed by atoms with van der Waals surface area (Å²) < 4.78 is 11.3. The van der Waals surface area contributed by atoms with Crippen molar-refractivity contribution in [3.63, 3.8) is 0 Å². The normalized spacial score (nSPS) is 25.0. The maximum Gasteiger partial charge on any atom is 0.191 e. The summed E-state index contributed by atoms with van der Waals surface area (Å²) in [5.74, 6) is 1.91. The Balaban J connectivity index is 0.00000280. The Labute approximate surface area is 188 Å². The van der Waals surface area contributed by atoms with Crippen molar-refractivity contribution in [3.8, 4) is 0 Å². The molecule has 3 fully saturated rings. The summed E-state index contributed by atoms with van der Waals surface area (Å²) in [6.07, 6.45) is 10.4. The van der Waals surface area contributed by atoms with E-state index in [1.54, 1.807) is 0 Å². The maximum atomic E-state index is 5.94. The third kappa shape index (κ3) is 8.71. The van der Waals surface area contributed by atoms with Gasteiger partial charge in [-0.05, 0) is 51.4 Å². The Hall–Kier alpha value is -0.120. The quantitative estimate of drug-likeness (QED) is 0.217. The minimum Gasteiger partial charge on any atom is -0.381 e. The maximum absolute atomic E-state index is 5.94. The van der Waals surface area contributed by atoms with Gasteiger partial charge in [0, 0.05) is 58.6 Å². The SMILES string of the molecule is CCNC(=NCCCOC1CCOCC1)NC1CCN(CC2CCCC2)C1.I. The van der Waals surface area contributed by atoms with E-state index in [0.717, 1.165) is 70.6 Å². The van der Waals surface area contributed by atoms with Gasteiger partial charge in [0.15, 0.2) is 5.96 Å². The fourth-order valence-corrected chi connectivity index (χ4v) is 4.54. The van der Waals surface area contributed by atoms with E-state index in [1.165, 1.54) is 45.2 Å². The van der Waals surface area contributed by atoms with Crippen LogP contribution < -0.4 is 10.6 Å². The molecule has 2 saturated heterocycles. The summed E-state index contributed by atoms with van der Waals surface area (Å²) in [6, 6.07) is 0.530. The molecule has 0 aromatic rings. The Morgan fingerprint density at radius 1 is 1.14 bits per heavy atom. The molecular weight excluding hydrogens is 467 g/mol. The Bertz CT molecular complexity index is 440. The monoisotopic (exact) mass is 508 g/mol. The number of nitrogens with zero attached hydrogens (tertiary/aromatic N) is 2. The molecule has 0 aromatic carbocycles. The minimum atomic E-state index is 0. The molecule has 1 aliphatic carbocycles. The highest BCUT2D eigenvalue weighted by Gasteiger charge is 2.26. The van der Waals surface area contributed by atoms with E-state index in [1.807, 2.05) is 0 Å². The third-order valence-electron chi connectivity index (χ3n) is 6.04. The zero-order valence-corrected chi connectivity index (χ0v) is 20.0. The van der Waals surface area contributed by atoms with E-state index in [2.05, 4.69) is 22.5 Å². The summed E-state index contributed by atoms with van der Waals surface area (Å²) in [5, 5.41) is 7.05. The second-order valence-corrected chi connectivity index (χ2v) is 8.34. The average Bonchev–Trinajstić information content (AvgIpc) is 3.35. The first-order valence-corrected chi connectivity index (χ1v) is 11.3. The molecule has 2 heterocycles. The molecule has 6 nitrogen and oxygen atoms in total. The van der Waals surface area contributed by atoms with Crippen molar-refractivity contribution in [2.75, 3.05) is 52.5 Å².